The van der Waals surface area contributed by atoms with Crippen LogP contribution in [0, 0.1) is 5.92 Å². The van der Waals surface area contributed by atoms with E-state index < -0.39 is 8.25 Å². The van der Waals surface area contributed by atoms with Crippen LogP contribution in [0.15, 0.2) is 25.3 Å². The fourth-order valence-corrected chi connectivity index (χ4v) is 1.37. The molecule has 6 heteroatoms. The van der Waals surface area contributed by atoms with E-state index in [-0.39, 0.29) is 12.5 Å². The summed E-state index contributed by atoms with van der Waals surface area (Å²) in [6.45, 7) is 8.46. The van der Waals surface area contributed by atoms with E-state index in [1.807, 2.05) is 0 Å². The van der Waals surface area contributed by atoms with Crippen molar-refractivity contribution in [3.63, 3.8) is 0 Å². The topological polar surface area (TPSA) is 56.8 Å². The first kappa shape index (κ1) is 15.4. The Kier molecular flexibility index (Phi) is 10.5. The summed E-state index contributed by atoms with van der Waals surface area (Å²) in [4.78, 5) is 4.64. The van der Waals surface area contributed by atoms with Crippen LogP contribution in [0.5, 0.6) is 0 Å². The van der Waals surface area contributed by atoms with Gasteiger partial charge in [0, 0.05) is 17.0 Å². The second-order valence-corrected chi connectivity index (χ2v) is 3.89. The minimum absolute atomic E-state index is 0.0948. The zero-order valence-corrected chi connectivity index (χ0v) is 10.4. The highest BCUT2D eigenvalue weighted by atomic mass is 31.1. The summed E-state index contributed by atoms with van der Waals surface area (Å²) in [5, 5.41) is 2.85. The van der Waals surface area contributed by atoms with Gasteiger partial charge in [-0.1, -0.05) is 12.2 Å². The normalized spacial score (nSPS) is 13.2. The molecular weight excluding hydrogens is 229 g/mol. The number of allylic oxidation sites excluding steroid dienone is 1. The molecule has 0 fully saturated rings. The van der Waals surface area contributed by atoms with Gasteiger partial charge in [0.15, 0.2) is 0 Å². The quantitative estimate of drug-likeness (QED) is 0.200. The van der Waals surface area contributed by atoms with Gasteiger partial charge >= 0.3 is 8.25 Å². The van der Waals surface area contributed by atoms with Crippen LogP contribution >= 0.6 is 8.25 Å². The second-order valence-electron chi connectivity index (χ2n) is 3.04. The minimum atomic E-state index is -2.23. The van der Waals surface area contributed by atoms with Crippen LogP contribution in [0.3, 0.4) is 0 Å². The van der Waals surface area contributed by atoms with Crippen LogP contribution in [0.1, 0.15) is 6.42 Å². The van der Waals surface area contributed by atoms with Gasteiger partial charge < -0.3 is 5.32 Å². The molecule has 5 nitrogen and oxygen atoms in total. The number of likely N-dealkylation sites (N-methyl/N-ethyl adjacent to an activating group) is 1. The molecule has 0 aromatic heterocycles. The highest BCUT2D eigenvalue weighted by molar-refractivity contribution is 7.33. The monoisotopic (exact) mass is 248 g/mol. The van der Waals surface area contributed by atoms with Crippen molar-refractivity contribution in [1.29, 1.82) is 0 Å². The molecule has 0 bridgehead atoms. The summed E-state index contributed by atoms with van der Waals surface area (Å²) in [5.74, 6) is 0.0948. The van der Waals surface area contributed by atoms with Crippen molar-refractivity contribution in [1.82, 2.24) is 5.32 Å². The molecule has 1 N–H and O–H groups in total. The van der Waals surface area contributed by atoms with E-state index in [2.05, 4.69) is 28.0 Å². The molecule has 0 aliphatic rings. The van der Waals surface area contributed by atoms with Gasteiger partial charge in [0.2, 0.25) is 0 Å². The average Bonchev–Trinajstić information content (AvgIpc) is 2.30. The van der Waals surface area contributed by atoms with Crippen molar-refractivity contribution in [2.24, 2.45) is 5.92 Å². The third-order valence-corrected chi connectivity index (χ3v) is 2.33. The Morgan fingerprint density at radius 2 is 2.25 bits per heavy atom. The molecule has 0 aromatic carbocycles. The van der Waals surface area contributed by atoms with Gasteiger partial charge in [0.1, 0.15) is 6.61 Å². The van der Waals surface area contributed by atoms with Crippen molar-refractivity contribution in [3.8, 4) is 0 Å². The molecular formula is C10H19NO4P+. The maximum Gasteiger partial charge on any atom is 0.728 e. The molecule has 0 rings (SSSR count). The van der Waals surface area contributed by atoms with E-state index in [1.165, 1.54) is 0 Å². The molecule has 0 aliphatic heterocycles. The Hall–Kier alpha value is -0.580. The van der Waals surface area contributed by atoms with E-state index >= 15 is 0 Å². The van der Waals surface area contributed by atoms with E-state index in [0.717, 1.165) is 6.42 Å². The Labute approximate surface area is 97.3 Å². The van der Waals surface area contributed by atoms with Crippen molar-refractivity contribution in [3.05, 3.63) is 25.3 Å². The lowest BCUT2D eigenvalue weighted by Gasteiger charge is -2.03. The Morgan fingerprint density at radius 1 is 1.50 bits per heavy atom. The van der Waals surface area contributed by atoms with Gasteiger partial charge in [-0.25, -0.2) is 0 Å². The van der Waals surface area contributed by atoms with Crippen molar-refractivity contribution in [2.45, 2.75) is 6.42 Å². The fraction of sp³-hybridized carbons (Fsp3) is 0.600. The fourth-order valence-electron chi connectivity index (χ4n) is 0.849. The van der Waals surface area contributed by atoms with Gasteiger partial charge in [-0.05, 0) is 13.5 Å². The summed E-state index contributed by atoms with van der Waals surface area (Å²) in [5.41, 5.74) is 0. The molecule has 92 valence electrons. The molecule has 0 radical (unpaired) electrons. The Morgan fingerprint density at radius 3 is 2.81 bits per heavy atom. The highest BCUT2D eigenvalue weighted by Gasteiger charge is 2.23. The molecule has 0 heterocycles. The largest absolute Gasteiger partial charge is 0.728 e. The summed E-state index contributed by atoms with van der Waals surface area (Å²) in [7, 11) is -0.447. The van der Waals surface area contributed by atoms with E-state index in [4.69, 9.17) is 4.52 Å². The van der Waals surface area contributed by atoms with Crippen LogP contribution in [0.25, 0.3) is 0 Å². The van der Waals surface area contributed by atoms with Crippen LogP contribution in [-0.2, 0) is 18.7 Å². The van der Waals surface area contributed by atoms with Crippen molar-refractivity contribution < 1.29 is 18.7 Å². The molecule has 0 aromatic rings. The average molecular weight is 248 g/mol. The first-order chi connectivity index (χ1) is 7.74. The second kappa shape index (κ2) is 10.9. The van der Waals surface area contributed by atoms with Crippen molar-refractivity contribution in [2.75, 3.05) is 26.8 Å². The zero-order valence-electron chi connectivity index (χ0n) is 9.55. The molecule has 0 saturated carbocycles. The molecule has 2 unspecified atom stereocenters. The first-order valence-corrected chi connectivity index (χ1v) is 6.12. The Balaban J connectivity index is 3.54. The van der Waals surface area contributed by atoms with Crippen LogP contribution in [-0.4, -0.2) is 26.8 Å². The van der Waals surface area contributed by atoms with Gasteiger partial charge in [-0.2, -0.15) is 4.89 Å². The zero-order chi connectivity index (χ0) is 12.2. The van der Waals surface area contributed by atoms with E-state index in [1.54, 1.807) is 19.2 Å². The molecule has 16 heavy (non-hydrogen) atoms. The molecule has 0 saturated heterocycles. The van der Waals surface area contributed by atoms with Gasteiger partial charge in [-0.15, -0.1) is 17.7 Å². The molecule has 2 atom stereocenters. The number of rotatable bonds is 11. The summed E-state index contributed by atoms with van der Waals surface area (Å²) in [6, 6.07) is 0. The summed E-state index contributed by atoms with van der Waals surface area (Å²) in [6.07, 6.45) is 4.22. The number of nitrogens with one attached hydrogen (secondary N) is 1. The van der Waals surface area contributed by atoms with Gasteiger partial charge in [0.05, 0.1) is 11.3 Å². The molecule has 0 spiro atoms. The third kappa shape index (κ3) is 8.71. The number of hydrogen-bond donors (Lipinski definition) is 1. The van der Waals surface area contributed by atoms with Crippen molar-refractivity contribution >= 4 is 8.25 Å². The van der Waals surface area contributed by atoms with E-state index in [0.29, 0.717) is 13.2 Å². The van der Waals surface area contributed by atoms with Crippen LogP contribution < -0.4 is 5.32 Å². The van der Waals surface area contributed by atoms with Crippen LogP contribution in [0.4, 0.5) is 0 Å². The smallest absolute Gasteiger partial charge is 0.317 e. The summed E-state index contributed by atoms with van der Waals surface area (Å²) < 4.78 is 20.6. The summed E-state index contributed by atoms with van der Waals surface area (Å²) >= 11 is 0. The lowest BCUT2D eigenvalue weighted by atomic mass is 10.1. The third-order valence-electron chi connectivity index (χ3n) is 1.75. The Bertz CT molecular complexity index is 223. The predicted octanol–water partition coefficient (Wildman–Crippen LogP) is 2.21. The predicted molar refractivity (Wildman–Crippen MR) is 63.0 cm³/mol. The molecule has 0 aliphatic carbocycles. The SMILES string of the molecule is C=CCC(C=C)CO[P+](=O)OOCCNC. The highest BCUT2D eigenvalue weighted by Crippen LogP contribution is 2.25. The van der Waals surface area contributed by atoms with Crippen LogP contribution in [0.2, 0.25) is 0 Å². The maximum atomic E-state index is 11.1. The number of hydrogen-bond acceptors (Lipinski definition) is 5. The minimum Gasteiger partial charge on any atom is -0.317 e. The lowest BCUT2D eigenvalue weighted by molar-refractivity contribution is -0.207. The first-order valence-electron chi connectivity index (χ1n) is 5.02. The lowest BCUT2D eigenvalue weighted by Crippen LogP contribution is -2.13. The van der Waals surface area contributed by atoms with Gasteiger partial charge in [-0.3, -0.25) is 0 Å². The van der Waals surface area contributed by atoms with Gasteiger partial charge in [0.25, 0.3) is 0 Å². The standard InChI is InChI=1S/C10H19NO4P/c1-4-6-10(5-2)9-14-16(12)15-13-8-7-11-3/h4-5,10-11H,1-2,6-9H2,3H3/q+1. The van der Waals surface area contributed by atoms with E-state index in [9.17, 15) is 4.57 Å². The maximum absolute atomic E-state index is 11.1. The molecule has 0 amide bonds.